The molecule has 0 saturated heterocycles. The molecule has 0 spiro atoms. The van der Waals surface area contributed by atoms with Crippen LogP contribution in [0.1, 0.15) is 28.8 Å². The molecular weight excluding hydrogens is 571 g/mol. The lowest BCUT2D eigenvalue weighted by Gasteiger charge is -2.14. The first-order valence-corrected chi connectivity index (χ1v) is 13.8. The summed E-state index contributed by atoms with van der Waals surface area (Å²) in [6.45, 7) is 0.812. The molecule has 2 heterocycles. The molecule has 0 atom stereocenters. The van der Waals surface area contributed by atoms with Crippen LogP contribution in [0.25, 0.3) is 22.2 Å². The fourth-order valence-electron chi connectivity index (χ4n) is 4.61. The molecule has 0 unspecified atom stereocenters. The van der Waals surface area contributed by atoms with Gasteiger partial charge in [-0.25, -0.2) is 9.97 Å². The largest absolute Gasteiger partial charge is 0.419 e. The number of aromatic nitrogens is 3. The number of fused-ring (bicyclic) bond motifs is 1. The molecule has 0 aliphatic carbocycles. The SMILES string of the molecule is CN(C)CCCC(=O)Nc1ccc(C(=O)Nc2cccc(Nc3ncc(C(F)(F)F)c(-c4c[nH]c5ccccc45)n3)c2)cc1. The Morgan fingerprint density at radius 2 is 1.66 bits per heavy atom. The molecule has 2 amide bonds. The Kier molecular flexibility index (Phi) is 8.91. The minimum atomic E-state index is -4.66. The fraction of sp³-hybridized carbons (Fsp3) is 0.188. The van der Waals surface area contributed by atoms with E-state index >= 15 is 0 Å². The second kappa shape index (κ2) is 13.0. The van der Waals surface area contributed by atoms with Crippen molar-refractivity contribution in [1.82, 2.24) is 19.9 Å². The molecule has 5 aromatic rings. The van der Waals surface area contributed by atoms with Crippen LogP contribution in [0.15, 0.2) is 85.2 Å². The van der Waals surface area contributed by atoms with E-state index in [0.717, 1.165) is 19.2 Å². The summed E-state index contributed by atoms with van der Waals surface area (Å²) < 4.78 is 41.7. The normalized spacial score (nSPS) is 11.5. The van der Waals surface area contributed by atoms with E-state index in [9.17, 15) is 22.8 Å². The van der Waals surface area contributed by atoms with Crippen molar-refractivity contribution >= 4 is 45.7 Å². The number of hydrogen-bond donors (Lipinski definition) is 4. The molecule has 0 aliphatic rings. The predicted octanol–water partition coefficient (Wildman–Crippen LogP) is 6.92. The summed E-state index contributed by atoms with van der Waals surface area (Å²) in [5.41, 5.74) is 1.64. The van der Waals surface area contributed by atoms with Gasteiger partial charge in [-0.3, -0.25) is 9.59 Å². The number of para-hydroxylation sites is 1. The number of halogens is 3. The van der Waals surface area contributed by atoms with Crippen molar-refractivity contribution in [3.8, 4) is 11.3 Å². The average molecular weight is 602 g/mol. The molecule has 12 heteroatoms. The summed E-state index contributed by atoms with van der Waals surface area (Å²) in [7, 11) is 3.90. The van der Waals surface area contributed by atoms with Crippen LogP contribution in [-0.4, -0.2) is 52.3 Å². The van der Waals surface area contributed by atoms with E-state index in [1.807, 2.05) is 19.0 Å². The van der Waals surface area contributed by atoms with Crippen molar-refractivity contribution in [1.29, 1.82) is 0 Å². The maximum atomic E-state index is 13.9. The zero-order valence-corrected chi connectivity index (χ0v) is 24.0. The highest BCUT2D eigenvalue weighted by molar-refractivity contribution is 6.05. The number of hydrogen-bond acceptors (Lipinski definition) is 6. The smallest absolute Gasteiger partial charge is 0.360 e. The van der Waals surface area contributed by atoms with Gasteiger partial charge in [0.05, 0.1) is 5.69 Å². The number of alkyl halides is 3. The summed E-state index contributed by atoms with van der Waals surface area (Å²) in [5, 5.41) is 9.16. The van der Waals surface area contributed by atoms with Gasteiger partial charge in [0.25, 0.3) is 5.91 Å². The van der Waals surface area contributed by atoms with Gasteiger partial charge in [0, 0.05) is 57.9 Å². The molecule has 0 bridgehead atoms. The molecule has 44 heavy (non-hydrogen) atoms. The summed E-state index contributed by atoms with van der Waals surface area (Å²) in [5.74, 6) is -0.515. The summed E-state index contributed by atoms with van der Waals surface area (Å²) in [4.78, 5) is 38.2. The third-order valence-electron chi connectivity index (χ3n) is 6.76. The Balaban J connectivity index is 1.28. The highest BCUT2D eigenvalue weighted by atomic mass is 19.4. The quantitative estimate of drug-likeness (QED) is 0.138. The lowest BCUT2D eigenvalue weighted by Crippen LogP contribution is -2.17. The molecule has 4 N–H and O–H groups in total. The van der Waals surface area contributed by atoms with E-state index in [4.69, 9.17) is 0 Å². The molecule has 0 fully saturated rings. The van der Waals surface area contributed by atoms with Gasteiger partial charge in [-0.2, -0.15) is 13.2 Å². The van der Waals surface area contributed by atoms with Gasteiger partial charge >= 0.3 is 6.18 Å². The minimum absolute atomic E-state index is 0.0406. The van der Waals surface area contributed by atoms with E-state index in [2.05, 4.69) is 30.9 Å². The van der Waals surface area contributed by atoms with Gasteiger partial charge in [-0.05, 0) is 75.6 Å². The van der Waals surface area contributed by atoms with E-state index in [1.54, 1.807) is 72.8 Å². The molecular formula is C32H30F3N7O2. The summed E-state index contributed by atoms with van der Waals surface area (Å²) in [6, 6.07) is 20.2. The van der Waals surface area contributed by atoms with Gasteiger partial charge < -0.3 is 25.8 Å². The van der Waals surface area contributed by atoms with E-state index in [-0.39, 0.29) is 23.5 Å². The first-order valence-electron chi connectivity index (χ1n) is 13.8. The number of nitrogens with one attached hydrogen (secondary N) is 4. The zero-order chi connectivity index (χ0) is 31.3. The van der Waals surface area contributed by atoms with Crippen LogP contribution in [0.5, 0.6) is 0 Å². The van der Waals surface area contributed by atoms with Crippen molar-refractivity contribution in [2.24, 2.45) is 0 Å². The van der Waals surface area contributed by atoms with Crippen LogP contribution in [0.4, 0.5) is 36.2 Å². The monoisotopic (exact) mass is 601 g/mol. The summed E-state index contributed by atoms with van der Waals surface area (Å²) >= 11 is 0. The van der Waals surface area contributed by atoms with E-state index in [1.165, 1.54) is 6.20 Å². The number of carbonyl (C=O) groups is 2. The Labute approximate surface area is 251 Å². The second-order valence-electron chi connectivity index (χ2n) is 10.4. The van der Waals surface area contributed by atoms with Crippen molar-refractivity contribution in [3.63, 3.8) is 0 Å². The second-order valence-corrected chi connectivity index (χ2v) is 10.4. The van der Waals surface area contributed by atoms with Gasteiger partial charge in [0.1, 0.15) is 5.56 Å². The first-order chi connectivity index (χ1) is 21.1. The molecule has 5 rings (SSSR count). The van der Waals surface area contributed by atoms with Gasteiger partial charge in [0.2, 0.25) is 11.9 Å². The zero-order valence-electron chi connectivity index (χ0n) is 24.0. The third kappa shape index (κ3) is 7.39. The van der Waals surface area contributed by atoms with E-state index in [0.29, 0.717) is 45.5 Å². The number of nitrogens with zero attached hydrogens (tertiary/aromatic N) is 3. The van der Waals surface area contributed by atoms with Crippen LogP contribution in [0.2, 0.25) is 0 Å². The number of H-pyrrole nitrogens is 1. The molecule has 3 aromatic carbocycles. The van der Waals surface area contributed by atoms with Gasteiger partial charge in [0.15, 0.2) is 0 Å². The number of anilines is 4. The van der Waals surface area contributed by atoms with Gasteiger partial charge in [-0.1, -0.05) is 24.3 Å². The average Bonchev–Trinajstić information content (AvgIpc) is 3.41. The van der Waals surface area contributed by atoms with E-state index < -0.39 is 11.7 Å². The number of carbonyl (C=O) groups excluding carboxylic acids is 2. The predicted molar refractivity (Wildman–Crippen MR) is 165 cm³/mol. The van der Waals surface area contributed by atoms with Crippen LogP contribution >= 0.6 is 0 Å². The fourth-order valence-corrected chi connectivity index (χ4v) is 4.61. The molecule has 226 valence electrons. The van der Waals surface area contributed by atoms with Gasteiger partial charge in [-0.15, -0.1) is 0 Å². The Morgan fingerprint density at radius 3 is 2.41 bits per heavy atom. The lowest BCUT2D eigenvalue weighted by atomic mass is 10.1. The maximum Gasteiger partial charge on any atom is 0.419 e. The van der Waals surface area contributed by atoms with Crippen LogP contribution < -0.4 is 16.0 Å². The highest BCUT2D eigenvalue weighted by Crippen LogP contribution is 2.38. The third-order valence-corrected chi connectivity index (χ3v) is 6.76. The molecule has 2 aromatic heterocycles. The molecule has 0 radical (unpaired) electrons. The summed E-state index contributed by atoms with van der Waals surface area (Å²) in [6.07, 6.45) is -1.27. The topological polar surface area (TPSA) is 115 Å². The lowest BCUT2D eigenvalue weighted by molar-refractivity contribution is -0.137. The van der Waals surface area contributed by atoms with Crippen molar-refractivity contribution in [3.05, 3.63) is 96.3 Å². The van der Waals surface area contributed by atoms with Crippen LogP contribution in [-0.2, 0) is 11.0 Å². The Hall–Kier alpha value is -5.23. The van der Waals surface area contributed by atoms with Crippen molar-refractivity contribution < 1.29 is 22.8 Å². The maximum absolute atomic E-state index is 13.9. The standard InChI is InChI=1S/C32H30F3N7O2/c1-42(2)16-6-11-28(43)38-21-14-12-20(13-15-21)30(44)39-22-7-5-8-23(17-22)40-31-37-19-26(32(33,34)35)29(41-31)25-18-36-27-10-4-3-9-24(25)27/h3-5,7-10,12-15,17-19,36H,6,11,16H2,1-2H3,(H,38,43)(H,39,44)(H,37,40,41). The Morgan fingerprint density at radius 1 is 0.909 bits per heavy atom. The van der Waals surface area contributed by atoms with Crippen LogP contribution in [0, 0.1) is 0 Å². The molecule has 0 saturated carbocycles. The number of rotatable bonds is 10. The molecule has 9 nitrogen and oxygen atoms in total. The first kappa shape index (κ1) is 30.2. The van der Waals surface area contributed by atoms with Crippen molar-refractivity contribution in [2.75, 3.05) is 36.6 Å². The molecule has 0 aliphatic heterocycles. The number of aromatic amines is 1. The highest BCUT2D eigenvalue weighted by Gasteiger charge is 2.36. The Bertz CT molecular complexity index is 1780. The minimum Gasteiger partial charge on any atom is -0.360 e. The van der Waals surface area contributed by atoms with Crippen molar-refractivity contribution in [2.45, 2.75) is 19.0 Å². The number of amides is 2. The number of benzene rings is 3. The van der Waals surface area contributed by atoms with Crippen LogP contribution in [0.3, 0.4) is 0 Å².